The Kier molecular flexibility index (Phi) is 4.62. The third-order valence-electron chi connectivity index (χ3n) is 2.82. The Balaban J connectivity index is 2.17. The van der Waals surface area contributed by atoms with Gasteiger partial charge >= 0.3 is 0 Å². The maximum atomic E-state index is 5.10. The molecule has 0 radical (unpaired) electrons. The van der Waals surface area contributed by atoms with Crippen molar-refractivity contribution in [3.05, 3.63) is 0 Å². The molecular weight excluding hydrogens is 150 g/mol. The van der Waals surface area contributed by atoms with E-state index in [4.69, 9.17) is 4.74 Å². The van der Waals surface area contributed by atoms with Gasteiger partial charge in [0.1, 0.15) is 0 Å². The third-order valence-corrected chi connectivity index (χ3v) is 2.82. The third kappa shape index (κ3) is 2.76. The van der Waals surface area contributed by atoms with Crippen LogP contribution in [0.5, 0.6) is 0 Å². The molecule has 2 heteroatoms. The van der Waals surface area contributed by atoms with Gasteiger partial charge < -0.3 is 10.1 Å². The molecule has 1 fully saturated rings. The van der Waals surface area contributed by atoms with E-state index in [1.807, 2.05) is 0 Å². The molecule has 1 aliphatic rings. The van der Waals surface area contributed by atoms with E-state index >= 15 is 0 Å². The lowest BCUT2D eigenvalue weighted by molar-refractivity contribution is 0.148. The molecule has 1 atom stereocenters. The number of nitrogens with one attached hydrogen (secondary N) is 1. The second kappa shape index (κ2) is 5.55. The fraction of sp³-hybridized carbons (Fsp3) is 1.00. The average Bonchev–Trinajstić information content (AvgIpc) is 1.97. The van der Waals surface area contributed by atoms with Gasteiger partial charge in [0.25, 0.3) is 0 Å². The van der Waals surface area contributed by atoms with Crippen LogP contribution in [0.4, 0.5) is 0 Å². The summed E-state index contributed by atoms with van der Waals surface area (Å²) in [6, 6.07) is 0.712. The zero-order chi connectivity index (χ0) is 8.81. The molecule has 1 N–H and O–H groups in total. The van der Waals surface area contributed by atoms with E-state index in [2.05, 4.69) is 12.2 Å². The standard InChI is InChI=1S/C10H21NO/c1-3-11-10(7-8-12-2)9-5-4-6-9/h9-11H,3-8H2,1-2H3. The Morgan fingerprint density at radius 3 is 2.67 bits per heavy atom. The van der Waals surface area contributed by atoms with Gasteiger partial charge in [-0.2, -0.15) is 0 Å². The van der Waals surface area contributed by atoms with Crippen LogP contribution in [0.2, 0.25) is 0 Å². The highest BCUT2D eigenvalue weighted by Crippen LogP contribution is 2.30. The summed E-state index contributed by atoms with van der Waals surface area (Å²) in [6.07, 6.45) is 5.44. The lowest BCUT2D eigenvalue weighted by Gasteiger charge is -2.34. The maximum Gasteiger partial charge on any atom is 0.0477 e. The van der Waals surface area contributed by atoms with Crippen LogP contribution >= 0.6 is 0 Å². The Morgan fingerprint density at radius 2 is 2.25 bits per heavy atom. The van der Waals surface area contributed by atoms with E-state index in [0.717, 1.165) is 19.1 Å². The minimum Gasteiger partial charge on any atom is -0.385 e. The first-order valence-electron chi connectivity index (χ1n) is 5.10. The molecule has 0 aliphatic heterocycles. The molecule has 0 aromatic rings. The van der Waals surface area contributed by atoms with Gasteiger partial charge in [-0.25, -0.2) is 0 Å². The van der Waals surface area contributed by atoms with E-state index in [9.17, 15) is 0 Å². The molecular formula is C10H21NO. The van der Waals surface area contributed by atoms with E-state index < -0.39 is 0 Å². The summed E-state index contributed by atoms with van der Waals surface area (Å²) >= 11 is 0. The van der Waals surface area contributed by atoms with Gasteiger partial charge in [-0.1, -0.05) is 13.3 Å². The Bertz CT molecular complexity index is 112. The normalized spacial score (nSPS) is 20.5. The van der Waals surface area contributed by atoms with Crippen molar-refractivity contribution < 1.29 is 4.74 Å². The first-order valence-corrected chi connectivity index (χ1v) is 5.10. The van der Waals surface area contributed by atoms with Crippen molar-refractivity contribution in [3.63, 3.8) is 0 Å². The zero-order valence-corrected chi connectivity index (χ0v) is 8.31. The van der Waals surface area contributed by atoms with E-state index in [0.29, 0.717) is 6.04 Å². The predicted octanol–water partition coefficient (Wildman–Crippen LogP) is 1.80. The van der Waals surface area contributed by atoms with E-state index in [-0.39, 0.29) is 0 Å². The number of ether oxygens (including phenoxy) is 1. The van der Waals surface area contributed by atoms with Gasteiger partial charge in [0, 0.05) is 19.8 Å². The van der Waals surface area contributed by atoms with Crippen LogP contribution in [0, 0.1) is 5.92 Å². The highest BCUT2D eigenvalue weighted by molar-refractivity contribution is 4.82. The Hall–Kier alpha value is -0.0800. The van der Waals surface area contributed by atoms with E-state index in [1.165, 1.54) is 25.7 Å². The van der Waals surface area contributed by atoms with Crippen LogP contribution < -0.4 is 5.32 Å². The van der Waals surface area contributed by atoms with Crippen LogP contribution in [0.15, 0.2) is 0 Å². The Morgan fingerprint density at radius 1 is 1.50 bits per heavy atom. The summed E-state index contributed by atoms with van der Waals surface area (Å²) < 4.78 is 5.10. The zero-order valence-electron chi connectivity index (χ0n) is 8.31. The first-order chi connectivity index (χ1) is 5.88. The van der Waals surface area contributed by atoms with Crippen molar-refractivity contribution in [1.29, 1.82) is 0 Å². The molecule has 0 heterocycles. The van der Waals surface area contributed by atoms with Gasteiger partial charge in [-0.05, 0) is 31.7 Å². The van der Waals surface area contributed by atoms with Gasteiger partial charge in [-0.3, -0.25) is 0 Å². The topological polar surface area (TPSA) is 21.3 Å². The van der Waals surface area contributed by atoms with Crippen molar-refractivity contribution in [2.45, 2.75) is 38.6 Å². The summed E-state index contributed by atoms with van der Waals surface area (Å²) in [5.74, 6) is 0.931. The summed E-state index contributed by atoms with van der Waals surface area (Å²) in [5.41, 5.74) is 0. The smallest absolute Gasteiger partial charge is 0.0477 e. The summed E-state index contributed by atoms with van der Waals surface area (Å²) in [4.78, 5) is 0. The lowest BCUT2D eigenvalue weighted by atomic mass is 9.78. The molecule has 0 spiro atoms. The second-order valence-electron chi connectivity index (χ2n) is 3.64. The van der Waals surface area contributed by atoms with Crippen LogP contribution in [-0.4, -0.2) is 26.3 Å². The van der Waals surface area contributed by atoms with Gasteiger partial charge in [0.05, 0.1) is 0 Å². The van der Waals surface area contributed by atoms with Crippen molar-refractivity contribution >= 4 is 0 Å². The molecule has 12 heavy (non-hydrogen) atoms. The van der Waals surface area contributed by atoms with Crippen molar-refractivity contribution in [2.75, 3.05) is 20.3 Å². The summed E-state index contributed by atoms with van der Waals surface area (Å²) in [6.45, 7) is 4.16. The highest BCUT2D eigenvalue weighted by atomic mass is 16.5. The molecule has 1 unspecified atom stereocenters. The van der Waals surface area contributed by atoms with Crippen molar-refractivity contribution in [3.8, 4) is 0 Å². The molecule has 2 nitrogen and oxygen atoms in total. The minimum absolute atomic E-state index is 0.712. The summed E-state index contributed by atoms with van der Waals surface area (Å²) in [5, 5.41) is 3.54. The van der Waals surface area contributed by atoms with Gasteiger partial charge in [0.2, 0.25) is 0 Å². The average molecular weight is 171 g/mol. The molecule has 0 bridgehead atoms. The molecule has 0 amide bonds. The summed E-state index contributed by atoms with van der Waals surface area (Å²) in [7, 11) is 1.78. The molecule has 1 saturated carbocycles. The number of methoxy groups -OCH3 is 1. The van der Waals surface area contributed by atoms with Crippen LogP contribution in [0.3, 0.4) is 0 Å². The largest absolute Gasteiger partial charge is 0.385 e. The fourth-order valence-corrected chi connectivity index (χ4v) is 1.85. The molecule has 0 aromatic heterocycles. The molecule has 1 rings (SSSR count). The molecule has 0 saturated heterocycles. The van der Waals surface area contributed by atoms with Crippen LogP contribution in [-0.2, 0) is 4.74 Å². The second-order valence-corrected chi connectivity index (χ2v) is 3.64. The number of hydrogen-bond acceptors (Lipinski definition) is 2. The number of hydrogen-bond donors (Lipinski definition) is 1. The molecule has 0 aromatic carbocycles. The van der Waals surface area contributed by atoms with Crippen molar-refractivity contribution in [1.82, 2.24) is 5.32 Å². The minimum atomic E-state index is 0.712. The quantitative estimate of drug-likeness (QED) is 0.658. The SMILES string of the molecule is CCNC(CCOC)C1CCC1. The molecule has 72 valence electrons. The van der Waals surface area contributed by atoms with Crippen molar-refractivity contribution in [2.24, 2.45) is 5.92 Å². The fourth-order valence-electron chi connectivity index (χ4n) is 1.85. The molecule has 1 aliphatic carbocycles. The first kappa shape index (κ1) is 10.0. The van der Waals surface area contributed by atoms with Gasteiger partial charge in [-0.15, -0.1) is 0 Å². The highest BCUT2D eigenvalue weighted by Gasteiger charge is 2.25. The lowest BCUT2D eigenvalue weighted by Crippen LogP contribution is -2.40. The van der Waals surface area contributed by atoms with E-state index in [1.54, 1.807) is 7.11 Å². The Labute approximate surface area is 75.7 Å². The number of rotatable bonds is 6. The van der Waals surface area contributed by atoms with Crippen LogP contribution in [0.1, 0.15) is 32.6 Å². The monoisotopic (exact) mass is 171 g/mol. The van der Waals surface area contributed by atoms with Gasteiger partial charge in [0.15, 0.2) is 0 Å². The predicted molar refractivity (Wildman–Crippen MR) is 51.3 cm³/mol. The van der Waals surface area contributed by atoms with Crippen LogP contribution in [0.25, 0.3) is 0 Å². The maximum absolute atomic E-state index is 5.10.